The minimum atomic E-state index is 0.167. The molecule has 0 radical (unpaired) electrons. The van der Waals surface area contributed by atoms with Gasteiger partial charge in [-0.2, -0.15) is 16.7 Å². The van der Waals surface area contributed by atoms with E-state index in [1.165, 1.54) is 17.9 Å². The molecule has 4 nitrogen and oxygen atoms in total. The second-order valence-electron chi connectivity index (χ2n) is 3.99. The summed E-state index contributed by atoms with van der Waals surface area (Å²) in [5.41, 5.74) is 0. The molecule has 84 valence electrons. The molecule has 1 saturated heterocycles. The van der Waals surface area contributed by atoms with Gasteiger partial charge in [0.1, 0.15) is 0 Å². The van der Waals surface area contributed by atoms with Gasteiger partial charge in [0.05, 0.1) is 6.04 Å². The van der Waals surface area contributed by atoms with Crippen LogP contribution in [0.15, 0.2) is 4.52 Å². The fraction of sp³-hybridized carbons (Fsp3) is 0.800. The number of nitrogens with zero attached hydrogens (tertiary/aromatic N) is 2. The third kappa shape index (κ3) is 2.72. The molecular formula is C10H17N3OS. The van der Waals surface area contributed by atoms with Crippen molar-refractivity contribution in [2.75, 3.05) is 18.6 Å². The average molecular weight is 227 g/mol. The van der Waals surface area contributed by atoms with E-state index < -0.39 is 0 Å². The quantitative estimate of drug-likeness (QED) is 0.847. The SMILES string of the molecule is CNC(C)c1noc(CC2CCSC2)n1. The standard InChI is InChI=1S/C10H17N3OS/c1-7(11-2)10-12-9(14-13-10)5-8-3-4-15-6-8/h7-8,11H,3-6H2,1-2H3. The van der Waals surface area contributed by atoms with Crippen molar-refractivity contribution in [3.63, 3.8) is 0 Å². The molecule has 2 atom stereocenters. The van der Waals surface area contributed by atoms with Crippen LogP contribution in [0.25, 0.3) is 0 Å². The fourth-order valence-corrected chi connectivity index (χ4v) is 2.93. The molecule has 2 unspecified atom stereocenters. The smallest absolute Gasteiger partial charge is 0.227 e. The summed E-state index contributed by atoms with van der Waals surface area (Å²) in [5, 5.41) is 7.07. The second kappa shape index (κ2) is 4.99. The van der Waals surface area contributed by atoms with E-state index in [1.807, 2.05) is 25.7 Å². The zero-order chi connectivity index (χ0) is 10.7. The number of hydrogen-bond donors (Lipinski definition) is 1. The summed E-state index contributed by atoms with van der Waals surface area (Å²) in [7, 11) is 1.90. The largest absolute Gasteiger partial charge is 0.339 e. The predicted octanol–water partition coefficient (Wildman–Crippen LogP) is 1.65. The molecule has 15 heavy (non-hydrogen) atoms. The summed E-state index contributed by atoms with van der Waals surface area (Å²) in [6.45, 7) is 2.03. The van der Waals surface area contributed by atoms with E-state index in [0.29, 0.717) is 0 Å². The monoisotopic (exact) mass is 227 g/mol. The van der Waals surface area contributed by atoms with Crippen molar-refractivity contribution in [1.82, 2.24) is 15.5 Å². The summed E-state index contributed by atoms with van der Waals surface area (Å²) in [6.07, 6.45) is 2.22. The number of rotatable bonds is 4. The first kappa shape index (κ1) is 11.0. The van der Waals surface area contributed by atoms with Gasteiger partial charge in [-0.25, -0.2) is 0 Å². The van der Waals surface area contributed by atoms with Gasteiger partial charge in [-0.05, 0) is 37.8 Å². The van der Waals surface area contributed by atoms with Gasteiger partial charge in [0.2, 0.25) is 5.89 Å². The van der Waals surface area contributed by atoms with Crippen LogP contribution in [0.4, 0.5) is 0 Å². The molecule has 0 amide bonds. The third-order valence-corrected chi connectivity index (χ3v) is 4.02. The third-order valence-electron chi connectivity index (χ3n) is 2.79. The maximum Gasteiger partial charge on any atom is 0.227 e. The van der Waals surface area contributed by atoms with Crippen LogP contribution < -0.4 is 5.32 Å². The highest BCUT2D eigenvalue weighted by Gasteiger charge is 2.20. The van der Waals surface area contributed by atoms with Crippen LogP contribution in [-0.2, 0) is 6.42 Å². The van der Waals surface area contributed by atoms with Gasteiger partial charge in [0, 0.05) is 6.42 Å². The van der Waals surface area contributed by atoms with E-state index in [4.69, 9.17) is 4.52 Å². The maximum absolute atomic E-state index is 5.24. The molecule has 1 aliphatic rings. The van der Waals surface area contributed by atoms with Crippen LogP contribution in [0.2, 0.25) is 0 Å². The van der Waals surface area contributed by atoms with Gasteiger partial charge in [0.15, 0.2) is 5.82 Å². The first-order valence-electron chi connectivity index (χ1n) is 5.37. The Morgan fingerprint density at radius 2 is 2.53 bits per heavy atom. The van der Waals surface area contributed by atoms with E-state index in [1.54, 1.807) is 0 Å². The van der Waals surface area contributed by atoms with Gasteiger partial charge >= 0.3 is 0 Å². The topological polar surface area (TPSA) is 51.0 Å². The molecule has 1 aromatic heterocycles. The van der Waals surface area contributed by atoms with Crippen molar-refractivity contribution in [3.8, 4) is 0 Å². The van der Waals surface area contributed by atoms with Gasteiger partial charge < -0.3 is 9.84 Å². The zero-order valence-corrected chi connectivity index (χ0v) is 10.0. The molecule has 0 bridgehead atoms. The Labute approximate surface area is 94.2 Å². The molecule has 0 spiro atoms. The highest BCUT2D eigenvalue weighted by molar-refractivity contribution is 7.99. The molecular weight excluding hydrogens is 210 g/mol. The molecule has 0 saturated carbocycles. The first-order valence-corrected chi connectivity index (χ1v) is 6.52. The molecule has 0 aromatic carbocycles. The highest BCUT2D eigenvalue weighted by Crippen LogP contribution is 2.26. The summed E-state index contributed by atoms with van der Waals surface area (Å²) in [4.78, 5) is 4.39. The maximum atomic E-state index is 5.24. The van der Waals surface area contributed by atoms with Crippen molar-refractivity contribution >= 4 is 11.8 Å². The number of thioether (sulfide) groups is 1. The molecule has 1 N–H and O–H groups in total. The lowest BCUT2D eigenvalue weighted by Crippen LogP contribution is -2.13. The molecule has 2 heterocycles. The molecule has 5 heteroatoms. The Kier molecular flexibility index (Phi) is 3.64. The first-order chi connectivity index (χ1) is 7.29. The Morgan fingerprint density at radius 3 is 3.20 bits per heavy atom. The lowest BCUT2D eigenvalue weighted by Gasteiger charge is -2.03. The van der Waals surface area contributed by atoms with Crippen molar-refractivity contribution in [2.24, 2.45) is 5.92 Å². The molecule has 1 aliphatic heterocycles. The van der Waals surface area contributed by atoms with E-state index >= 15 is 0 Å². The zero-order valence-electron chi connectivity index (χ0n) is 9.19. The van der Waals surface area contributed by atoms with Gasteiger partial charge in [-0.3, -0.25) is 0 Å². The van der Waals surface area contributed by atoms with Crippen molar-refractivity contribution in [1.29, 1.82) is 0 Å². The number of nitrogens with one attached hydrogen (secondary N) is 1. The summed E-state index contributed by atoms with van der Waals surface area (Å²) in [6, 6.07) is 0.167. The minimum Gasteiger partial charge on any atom is -0.339 e. The van der Waals surface area contributed by atoms with Crippen LogP contribution in [0, 0.1) is 5.92 Å². The Morgan fingerprint density at radius 1 is 1.67 bits per heavy atom. The average Bonchev–Trinajstić information content (AvgIpc) is 2.88. The van der Waals surface area contributed by atoms with Gasteiger partial charge in [-0.15, -0.1) is 0 Å². The number of hydrogen-bond acceptors (Lipinski definition) is 5. The van der Waals surface area contributed by atoms with Gasteiger partial charge in [-0.1, -0.05) is 5.16 Å². The summed E-state index contributed by atoms with van der Waals surface area (Å²) >= 11 is 2.02. The Bertz CT molecular complexity index is 309. The van der Waals surface area contributed by atoms with Crippen LogP contribution >= 0.6 is 11.8 Å². The minimum absolute atomic E-state index is 0.167. The Hall–Kier alpha value is -0.550. The van der Waals surface area contributed by atoms with Crippen LogP contribution in [0.5, 0.6) is 0 Å². The van der Waals surface area contributed by atoms with Crippen molar-refractivity contribution < 1.29 is 4.52 Å². The van der Waals surface area contributed by atoms with Crippen molar-refractivity contribution in [3.05, 3.63) is 11.7 Å². The summed E-state index contributed by atoms with van der Waals surface area (Å²) < 4.78 is 5.24. The van der Waals surface area contributed by atoms with E-state index in [-0.39, 0.29) is 6.04 Å². The molecule has 2 rings (SSSR count). The lowest BCUT2D eigenvalue weighted by atomic mass is 10.1. The normalized spacial score (nSPS) is 23.2. The molecule has 1 fully saturated rings. The second-order valence-corrected chi connectivity index (χ2v) is 5.14. The van der Waals surface area contributed by atoms with E-state index in [2.05, 4.69) is 15.5 Å². The van der Waals surface area contributed by atoms with Crippen LogP contribution in [0.3, 0.4) is 0 Å². The fourth-order valence-electron chi connectivity index (χ4n) is 1.65. The van der Waals surface area contributed by atoms with Crippen LogP contribution in [0.1, 0.15) is 31.1 Å². The molecule has 0 aliphatic carbocycles. The number of aromatic nitrogens is 2. The predicted molar refractivity (Wildman–Crippen MR) is 60.9 cm³/mol. The highest BCUT2D eigenvalue weighted by atomic mass is 32.2. The summed E-state index contributed by atoms with van der Waals surface area (Å²) in [5.74, 6) is 4.80. The van der Waals surface area contributed by atoms with Gasteiger partial charge in [0.25, 0.3) is 0 Å². The van der Waals surface area contributed by atoms with Crippen LogP contribution in [-0.4, -0.2) is 28.7 Å². The van der Waals surface area contributed by atoms with Crippen molar-refractivity contribution in [2.45, 2.75) is 25.8 Å². The molecule has 1 aromatic rings. The lowest BCUT2D eigenvalue weighted by molar-refractivity contribution is 0.352. The van der Waals surface area contributed by atoms with E-state index in [9.17, 15) is 0 Å². The van der Waals surface area contributed by atoms with E-state index in [0.717, 1.165) is 24.1 Å². The Balaban J connectivity index is 1.94.